The first kappa shape index (κ1) is 15.4. The van der Waals surface area contributed by atoms with Crippen molar-refractivity contribution in [3.8, 4) is 0 Å². The van der Waals surface area contributed by atoms with E-state index >= 15 is 0 Å². The molecule has 24 heavy (non-hydrogen) atoms. The Balaban J connectivity index is 1.70. The number of rotatable bonds is 5. The second kappa shape index (κ2) is 7.15. The third kappa shape index (κ3) is 4.01. The number of hydrogen-bond acceptors (Lipinski definition) is 5. The third-order valence-corrected chi connectivity index (χ3v) is 3.25. The molecule has 3 aromatic carbocycles. The number of nitrogens with zero attached hydrogens (tertiary/aromatic N) is 3. The summed E-state index contributed by atoms with van der Waals surface area (Å²) in [5.41, 5.74) is 3.05. The molecule has 3 aromatic rings. The number of nitrogens with one attached hydrogen (secondary N) is 1. The lowest BCUT2D eigenvalue weighted by molar-refractivity contribution is -0.384. The standard InChI is InChI=1S/C18H14N4O2/c23-22(24)18-8-4-7-17(13-18)21-20-16-11-9-15(10-12-16)19-14-5-2-1-3-6-14/h1-13,19H. The molecule has 0 aliphatic carbocycles. The Bertz CT molecular complexity index is 862. The number of anilines is 2. The molecule has 0 saturated carbocycles. The molecule has 0 fully saturated rings. The van der Waals surface area contributed by atoms with Crippen molar-refractivity contribution in [2.24, 2.45) is 10.2 Å². The van der Waals surface area contributed by atoms with Crippen molar-refractivity contribution in [3.63, 3.8) is 0 Å². The van der Waals surface area contributed by atoms with Crippen molar-refractivity contribution < 1.29 is 4.92 Å². The summed E-state index contributed by atoms with van der Waals surface area (Å²) in [7, 11) is 0. The summed E-state index contributed by atoms with van der Waals surface area (Å²) in [6.45, 7) is 0. The van der Waals surface area contributed by atoms with E-state index in [-0.39, 0.29) is 5.69 Å². The second-order valence-corrected chi connectivity index (χ2v) is 5.01. The minimum absolute atomic E-state index is 0.00569. The summed E-state index contributed by atoms with van der Waals surface area (Å²) in [4.78, 5) is 10.3. The summed E-state index contributed by atoms with van der Waals surface area (Å²) < 4.78 is 0. The molecule has 0 radical (unpaired) electrons. The zero-order valence-corrected chi connectivity index (χ0v) is 12.7. The summed E-state index contributed by atoms with van der Waals surface area (Å²) in [5.74, 6) is 0. The van der Waals surface area contributed by atoms with Crippen LogP contribution in [0, 0.1) is 10.1 Å². The van der Waals surface area contributed by atoms with Crippen LogP contribution in [0.2, 0.25) is 0 Å². The largest absolute Gasteiger partial charge is 0.356 e. The predicted octanol–water partition coefficient (Wildman–Crippen LogP) is 5.75. The molecule has 0 unspecified atom stereocenters. The molecule has 6 heteroatoms. The van der Waals surface area contributed by atoms with Crippen molar-refractivity contribution >= 4 is 28.4 Å². The number of hydrogen-bond donors (Lipinski definition) is 1. The highest BCUT2D eigenvalue weighted by molar-refractivity contribution is 5.61. The fourth-order valence-electron chi connectivity index (χ4n) is 2.08. The first-order valence-electron chi connectivity index (χ1n) is 7.29. The highest BCUT2D eigenvalue weighted by Crippen LogP contribution is 2.24. The Hall–Kier alpha value is -3.54. The van der Waals surface area contributed by atoms with E-state index in [4.69, 9.17) is 0 Å². The van der Waals surface area contributed by atoms with Crippen LogP contribution in [-0.2, 0) is 0 Å². The SMILES string of the molecule is O=[N+]([O-])c1cccc(N=Nc2ccc(Nc3ccccc3)cc2)c1. The molecular formula is C18H14N4O2. The molecule has 0 aromatic heterocycles. The van der Waals surface area contributed by atoms with E-state index in [0.29, 0.717) is 11.4 Å². The van der Waals surface area contributed by atoms with E-state index in [2.05, 4.69) is 15.5 Å². The zero-order valence-electron chi connectivity index (χ0n) is 12.7. The first-order chi connectivity index (χ1) is 11.7. The Kier molecular flexibility index (Phi) is 4.57. The summed E-state index contributed by atoms with van der Waals surface area (Å²) in [6.07, 6.45) is 0. The van der Waals surface area contributed by atoms with Crippen LogP contribution >= 0.6 is 0 Å². The minimum atomic E-state index is -0.455. The number of para-hydroxylation sites is 1. The molecule has 1 N–H and O–H groups in total. The van der Waals surface area contributed by atoms with Gasteiger partial charge in [-0.05, 0) is 42.5 Å². The molecule has 0 bridgehead atoms. The van der Waals surface area contributed by atoms with Gasteiger partial charge in [-0.15, -0.1) is 0 Å². The molecule has 0 aliphatic heterocycles. The average Bonchev–Trinajstić information content (AvgIpc) is 2.62. The molecule has 6 nitrogen and oxygen atoms in total. The van der Waals surface area contributed by atoms with E-state index in [1.807, 2.05) is 54.6 Å². The lowest BCUT2D eigenvalue weighted by Gasteiger charge is -2.05. The number of benzene rings is 3. The highest BCUT2D eigenvalue weighted by Gasteiger charge is 2.04. The van der Waals surface area contributed by atoms with Gasteiger partial charge in [-0.2, -0.15) is 10.2 Å². The first-order valence-corrected chi connectivity index (χ1v) is 7.29. The Morgan fingerprint density at radius 3 is 2.12 bits per heavy atom. The fraction of sp³-hybridized carbons (Fsp3) is 0. The van der Waals surface area contributed by atoms with Crippen molar-refractivity contribution in [2.75, 3.05) is 5.32 Å². The monoisotopic (exact) mass is 318 g/mol. The van der Waals surface area contributed by atoms with Gasteiger partial charge in [0, 0.05) is 23.5 Å². The summed E-state index contributed by atoms with van der Waals surface area (Å²) in [5, 5.41) is 22.2. The third-order valence-electron chi connectivity index (χ3n) is 3.25. The smallest absolute Gasteiger partial charge is 0.271 e. The van der Waals surface area contributed by atoms with Crippen LogP contribution in [0.3, 0.4) is 0 Å². The van der Waals surface area contributed by atoms with E-state index in [1.54, 1.807) is 12.1 Å². The van der Waals surface area contributed by atoms with Crippen LogP contribution in [0.15, 0.2) is 89.1 Å². The lowest BCUT2D eigenvalue weighted by Crippen LogP contribution is -1.88. The van der Waals surface area contributed by atoms with Crippen LogP contribution in [0.5, 0.6) is 0 Å². The lowest BCUT2D eigenvalue weighted by atomic mass is 10.2. The van der Waals surface area contributed by atoms with Crippen molar-refractivity contribution in [1.82, 2.24) is 0 Å². The summed E-state index contributed by atoms with van der Waals surface area (Å²) in [6, 6.07) is 23.4. The van der Waals surface area contributed by atoms with Crippen LogP contribution in [-0.4, -0.2) is 4.92 Å². The number of nitro groups is 1. The van der Waals surface area contributed by atoms with Gasteiger partial charge < -0.3 is 5.32 Å². The highest BCUT2D eigenvalue weighted by atomic mass is 16.6. The maximum absolute atomic E-state index is 10.7. The molecular weight excluding hydrogens is 304 g/mol. The number of non-ortho nitro benzene ring substituents is 1. The van der Waals surface area contributed by atoms with Crippen LogP contribution in [0.1, 0.15) is 0 Å². The van der Waals surface area contributed by atoms with Gasteiger partial charge in [0.25, 0.3) is 5.69 Å². The van der Waals surface area contributed by atoms with Gasteiger partial charge in [0.2, 0.25) is 0 Å². The van der Waals surface area contributed by atoms with Crippen LogP contribution in [0.25, 0.3) is 0 Å². The van der Waals surface area contributed by atoms with Gasteiger partial charge >= 0.3 is 0 Å². The van der Waals surface area contributed by atoms with Gasteiger partial charge in [-0.25, -0.2) is 0 Å². The van der Waals surface area contributed by atoms with E-state index < -0.39 is 4.92 Å². The van der Waals surface area contributed by atoms with Gasteiger partial charge in [0.05, 0.1) is 16.3 Å². The molecule has 118 valence electrons. The molecule has 0 aliphatic rings. The second-order valence-electron chi connectivity index (χ2n) is 5.01. The summed E-state index contributed by atoms with van der Waals surface area (Å²) >= 11 is 0. The van der Waals surface area contributed by atoms with Gasteiger partial charge in [0.1, 0.15) is 0 Å². The van der Waals surface area contributed by atoms with Crippen molar-refractivity contribution in [1.29, 1.82) is 0 Å². The molecule has 0 atom stereocenters. The molecule has 0 amide bonds. The van der Waals surface area contributed by atoms with E-state index in [1.165, 1.54) is 12.1 Å². The van der Waals surface area contributed by atoms with Gasteiger partial charge in [0.15, 0.2) is 0 Å². The number of nitro benzene ring substituents is 1. The maximum Gasteiger partial charge on any atom is 0.271 e. The van der Waals surface area contributed by atoms with Gasteiger partial charge in [-0.3, -0.25) is 10.1 Å². The fourth-order valence-corrected chi connectivity index (χ4v) is 2.08. The molecule has 3 rings (SSSR count). The Morgan fingerprint density at radius 1 is 0.750 bits per heavy atom. The number of azo groups is 1. The Morgan fingerprint density at radius 2 is 1.42 bits per heavy atom. The normalized spacial score (nSPS) is 10.7. The van der Waals surface area contributed by atoms with E-state index in [0.717, 1.165) is 11.4 Å². The maximum atomic E-state index is 10.7. The quantitative estimate of drug-likeness (QED) is 0.369. The van der Waals surface area contributed by atoms with E-state index in [9.17, 15) is 10.1 Å². The van der Waals surface area contributed by atoms with Gasteiger partial charge in [-0.1, -0.05) is 24.3 Å². The molecule has 0 heterocycles. The minimum Gasteiger partial charge on any atom is -0.356 e. The molecule has 0 saturated heterocycles. The predicted molar refractivity (Wildman–Crippen MR) is 93.4 cm³/mol. The van der Waals surface area contributed by atoms with Crippen LogP contribution in [0.4, 0.5) is 28.4 Å². The van der Waals surface area contributed by atoms with Crippen LogP contribution < -0.4 is 5.32 Å². The van der Waals surface area contributed by atoms with Crippen molar-refractivity contribution in [2.45, 2.75) is 0 Å². The molecule has 0 spiro atoms. The van der Waals surface area contributed by atoms with Crippen molar-refractivity contribution in [3.05, 3.63) is 89.0 Å². The topological polar surface area (TPSA) is 79.9 Å². The average molecular weight is 318 g/mol. The zero-order chi connectivity index (χ0) is 16.8. The Labute approximate surface area is 138 Å².